The molecule has 1 saturated carbocycles. The predicted molar refractivity (Wildman–Crippen MR) is 111 cm³/mol. The van der Waals surface area contributed by atoms with Gasteiger partial charge in [-0.05, 0) is 59.7 Å². The topological polar surface area (TPSA) is 95.6 Å². The van der Waals surface area contributed by atoms with E-state index in [0.29, 0.717) is 23.2 Å². The molecule has 0 radical (unpaired) electrons. The van der Waals surface area contributed by atoms with Crippen molar-refractivity contribution in [2.24, 2.45) is 5.92 Å². The number of halogens is 1. The van der Waals surface area contributed by atoms with E-state index in [2.05, 4.69) is 26.0 Å². The second-order valence-corrected chi connectivity index (χ2v) is 12.3. The molecule has 2 heterocycles. The molecule has 7 nitrogen and oxygen atoms in total. The third-order valence-electron chi connectivity index (χ3n) is 5.97. The van der Waals surface area contributed by atoms with Crippen LogP contribution in [0, 0.1) is 5.92 Å². The SMILES string of the molecule is O=S1(=O)NC(C2CCCCC2)Nc2cc(Br)c(S(=O)(=O)N3CCCCC3)cc21. The lowest BCUT2D eigenvalue weighted by molar-refractivity contribution is 0.306. The summed E-state index contributed by atoms with van der Waals surface area (Å²) in [5.74, 6) is 0.243. The van der Waals surface area contributed by atoms with Crippen molar-refractivity contribution in [2.75, 3.05) is 18.4 Å². The van der Waals surface area contributed by atoms with E-state index in [4.69, 9.17) is 0 Å². The normalized spacial score (nSPS) is 26.4. The van der Waals surface area contributed by atoms with Gasteiger partial charge in [-0.2, -0.15) is 9.03 Å². The summed E-state index contributed by atoms with van der Waals surface area (Å²) >= 11 is 3.37. The van der Waals surface area contributed by atoms with Crippen molar-refractivity contribution in [1.29, 1.82) is 0 Å². The van der Waals surface area contributed by atoms with Crippen LogP contribution in [0.15, 0.2) is 26.4 Å². The molecular weight excluding hydrogens is 466 g/mol. The Bertz CT molecular complexity index is 953. The van der Waals surface area contributed by atoms with E-state index in [9.17, 15) is 16.8 Å². The van der Waals surface area contributed by atoms with Gasteiger partial charge >= 0.3 is 0 Å². The molecule has 2 aliphatic heterocycles. The van der Waals surface area contributed by atoms with Gasteiger partial charge in [0.1, 0.15) is 4.90 Å². The number of fused-ring (bicyclic) bond motifs is 1. The van der Waals surface area contributed by atoms with Crippen LogP contribution in [-0.4, -0.2) is 40.4 Å². The fourth-order valence-corrected chi connectivity index (χ4v) is 8.43. The second-order valence-electron chi connectivity index (χ2n) is 7.88. The molecule has 1 unspecified atom stereocenters. The number of sulfonamides is 2. The van der Waals surface area contributed by atoms with E-state index in [1.54, 1.807) is 6.07 Å². The van der Waals surface area contributed by atoms with Crippen LogP contribution in [-0.2, 0) is 20.0 Å². The molecule has 0 amide bonds. The van der Waals surface area contributed by atoms with Gasteiger partial charge in [0.2, 0.25) is 20.0 Å². The highest BCUT2D eigenvalue weighted by Gasteiger charge is 2.37. The lowest BCUT2D eigenvalue weighted by Crippen LogP contribution is -2.49. The Balaban J connectivity index is 1.70. The number of nitrogens with zero attached hydrogens (tertiary/aromatic N) is 1. The van der Waals surface area contributed by atoms with Crippen molar-refractivity contribution >= 4 is 41.7 Å². The minimum Gasteiger partial charge on any atom is -0.368 e. The summed E-state index contributed by atoms with van der Waals surface area (Å²) in [5, 5.41) is 3.29. The Morgan fingerprint density at radius 1 is 1.00 bits per heavy atom. The van der Waals surface area contributed by atoms with Crippen LogP contribution in [0.4, 0.5) is 5.69 Å². The largest absolute Gasteiger partial charge is 0.368 e. The molecule has 1 saturated heterocycles. The predicted octanol–water partition coefficient (Wildman–Crippen LogP) is 3.23. The van der Waals surface area contributed by atoms with Gasteiger partial charge in [-0.15, -0.1) is 0 Å². The number of rotatable bonds is 3. The van der Waals surface area contributed by atoms with Crippen molar-refractivity contribution in [3.63, 3.8) is 0 Å². The molecule has 28 heavy (non-hydrogen) atoms. The van der Waals surface area contributed by atoms with E-state index in [1.165, 1.54) is 16.8 Å². The zero-order valence-electron chi connectivity index (χ0n) is 15.7. The van der Waals surface area contributed by atoms with Crippen molar-refractivity contribution in [3.05, 3.63) is 16.6 Å². The zero-order valence-corrected chi connectivity index (χ0v) is 18.9. The van der Waals surface area contributed by atoms with E-state index in [-0.39, 0.29) is 21.9 Å². The first-order chi connectivity index (χ1) is 13.3. The number of hydrogen-bond acceptors (Lipinski definition) is 5. The molecule has 3 aliphatic rings. The standard InChI is InChI=1S/C18H26BrN3O4S2/c19-14-11-15-17(12-16(14)28(25,26)22-9-5-2-6-10-22)27(23,24)21-18(20-15)13-7-3-1-4-8-13/h11-13,18,20-21H,1-10H2. The summed E-state index contributed by atoms with van der Waals surface area (Å²) in [6.07, 6.45) is 7.68. The van der Waals surface area contributed by atoms with Crippen LogP contribution in [0.25, 0.3) is 0 Å². The Hall–Kier alpha value is -0.680. The first-order valence-corrected chi connectivity index (χ1v) is 13.6. The van der Waals surface area contributed by atoms with Crippen molar-refractivity contribution < 1.29 is 16.8 Å². The summed E-state index contributed by atoms with van der Waals surface area (Å²) in [5.41, 5.74) is 0.457. The zero-order chi connectivity index (χ0) is 19.9. The number of nitrogens with one attached hydrogen (secondary N) is 2. The van der Waals surface area contributed by atoms with Gasteiger partial charge in [-0.25, -0.2) is 16.8 Å². The quantitative estimate of drug-likeness (QED) is 0.676. The van der Waals surface area contributed by atoms with Gasteiger partial charge in [0, 0.05) is 17.6 Å². The molecule has 1 aromatic rings. The first kappa shape index (κ1) is 20.6. The molecule has 2 N–H and O–H groups in total. The minimum absolute atomic E-state index is 0.00153. The second kappa shape index (κ2) is 7.86. The van der Waals surface area contributed by atoms with Gasteiger partial charge in [-0.1, -0.05) is 25.7 Å². The van der Waals surface area contributed by atoms with Gasteiger partial charge in [-0.3, -0.25) is 0 Å². The van der Waals surface area contributed by atoms with Crippen LogP contribution < -0.4 is 10.0 Å². The van der Waals surface area contributed by atoms with Gasteiger partial charge in [0.15, 0.2) is 0 Å². The fourth-order valence-electron chi connectivity index (χ4n) is 4.42. The summed E-state index contributed by atoms with van der Waals surface area (Å²) in [7, 11) is -7.53. The van der Waals surface area contributed by atoms with Crippen LogP contribution in [0.3, 0.4) is 0 Å². The van der Waals surface area contributed by atoms with E-state index < -0.39 is 20.0 Å². The maximum absolute atomic E-state index is 13.1. The summed E-state index contributed by atoms with van der Waals surface area (Å²) in [6.45, 7) is 0.942. The number of hydrogen-bond donors (Lipinski definition) is 2. The average Bonchev–Trinajstić information content (AvgIpc) is 2.68. The number of piperidine rings is 1. The Morgan fingerprint density at radius 3 is 2.32 bits per heavy atom. The third-order valence-corrected chi connectivity index (χ3v) is 10.3. The van der Waals surface area contributed by atoms with Crippen LogP contribution >= 0.6 is 15.9 Å². The molecule has 0 spiro atoms. The Labute approximate surface area is 175 Å². The molecule has 1 aromatic carbocycles. The van der Waals surface area contributed by atoms with Crippen LogP contribution in [0.1, 0.15) is 51.4 Å². The maximum atomic E-state index is 13.1. The molecule has 1 atom stereocenters. The highest BCUT2D eigenvalue weighted by Crippen LogP contribution is 2.38. The number of benzene rings is 1. The van der Waals surface area contributed by atoms with Crippen LogP contribution in [0.2, 0.25) is 0 Å². The fraction of sp³-hybridized carbons (Fsp3) is 0.667. The molecule has 0 bridgehead atoms. The summed E-state index contributed by atoms with van der Waals surface area (Å²) < 4.78 is 56.6. The molecule has 156 valence electrons. The lowest BCUT2D eigenvalue weighted by atomic mass is 9.87. The van der Waals surface area contributed by atoms with E-state index in [0.717, 1.165) is 44.9 Å². The van der Waals surface area contributed by atoms with E-state index >= 15 is 0 Å². The maximum Gasteiger partial charge on any atom is 0.244 e. The van der Waals surface area contributed by atoms with E-state index in [1.807, 2.05) is 0 Å². The summed E-state index contributed by atoms with van der Waals surface area (Å²) in [6, 6.07) is 2.89. The minimum atomic E-state index is -3.79. The summed E-state index contributed by atoms with van der Waals surface area (Å²) in [4.78, 5) is 0.00906. The van der Waals surface area contributed by atoms with Gasteiger partial charge < -0.3 is 5.32 Å². The number of anilines is 1. The Morgan fingerprint density at radius 2 is 1.64 bits per heavy atom. The molecule has 10 heteroatoms. The van der Waals surface area contributed by atoms with Crippen molar-refractivity contribution in [2.45, 2.75) is 67.3 Å². The monoisotopic (exact) mass is 491 g/mol. The first-order valence-electron chi connectivity index (χ1n) is 9.91. The Kier molecular flexibility index (Phi) is 5.78. The van der Waals surface area contributed by atoms with Crippen molar-refractivity contribution in [3.8, 4) is 0 Å². The van der Waals surface area contributed by atoms with Gasteiger partial charge in [0.25, 0.3) is 0 Å². The molecule has 1 aliphatic carbocycles. The van der Waals surface area contributed by atoms with Crippen LogP contribution in [0.5, 0.6) is 0 Å². The van der Waals surface area contributed by atoms with Crippen molar-refractivity contribution in [1.82, 2.24) is 9.03 Å². The highest BCUT2D eigenvalue weighted by molar-refractivity contribution is 9.10. The molecule has 4 rings (SSSR count). The average molecular weight is 492 g/mol. The molecular formula is C18H26BrN3O4S2. The smallest absolute Gasteiger partial charge is 0.244 e. The molecule has 2 fully saturated rings. The third kappa shape index (κ3) is 3.86. The molecule has 0 aromatic heterocycles. The van der Waals surface area contributed by atoms with Gasteiger partial charge in [0.05, 0.1) is 16.7 Å². The highest BCUT2D eigenvalue weighted by atomic mass is 79.9. The lowest BCUT2D eigenvalue weighted by Gasteiger charge is -2.36.